The predicted octanol–water partition coefficient (Wildman–Crippen LogP) is 6.60. The number of rotatable bonds is 8. The van der Waals surface area contributed by atoms with Gasteiger partial charge in [0.25, 0.3) is 5.56 Å². The van der Waals surface area contributed by atoms with E-state index >= 15 is 0 Å². The minimum absolute atomic E-state index is 0.0215. The second-order valence-electron chi connectivity index (χ2n) is 7.10. The van der Waals surface area contributed by atoms with Gasteiger partial charge in [0.05, 0.1) is 29.8 Å². The van der Waals surface area contributed by atoms with Crippen molar-refractivity contribution in [1.29, 1.82) is 0 Å². The molecular weight excluding hydrogens is 562 g/mol. The molecule has 9 heteroatoms. The van der Waals surface area contributed by atoms with Gasteiger partial charge < -0.3 is 9.47 Å². The number of benzene rings is 2. The molecule has 1 aromatic heterocycles. The maximum Gasteiger partial charge on any atom is 0.282 e. The molecule has 0 radical (unpaired) electrons. The van der Waals surface area contributed by atoms with E-state index in [4.69, 9.17) is 21.1 Å². The van der Waals surface area contributed by atoms with Crippen LogP contribution in [-0.4, -0.2) is 28.6 Å². The topological polar surface area (TPSA) is 65.7 Å². The van der Waals surface area contributed by atoms with E-state index in [1.165, 1.54) is 4.68 Å². The highest BCUT2D eigenvalue weighted by Gasteiger charge is 2.19. The minimum atomic E-state index is -0.242. The Bertz CT molecular complexity index is 1230. The van der Waals surface area contributed by atoms with Gasteiger partial charge in [-0.25, -0.2) is 4.98 Å². The molecule has 0 spiro atoms. The van der Waals surface area contributed by atoms with Crippen LogP contribution in [0.15, 0.2) is 43.1 Å². The monoisotopic (exact) mass is 583 g/mol. The zero-order valence-electron chi connectivity index (χ0n) is 18.3. The van der Waals surface area contributed by atoms with E-state index in [2.05, 4.69) is 41.9 Å². The summed E-state index contributed by atoms with van der Waals surface area (Å²) in [5, 5.41) is 5.33. The van der Waals surface area contributed by atoms with Crippen molar-refractivity contribution in [3.63, 3.8) is 0 Å². The fourth-order valence-corrected chi connectivity index (χ4v) is 4.02. The van der Waals surface area contributed by atoms with Gasteiger partial charge in [-0.3, -0.25) is 4.79 Å². The Morgan fingerprint density at radius 3 is 2.66 bits per heavy atom. The number of aromatic nitrogens is 2. The predicted molar refractivity (Wildman–Crippen MR) is 137 cm³/mol. The summed E-state index contributed by atoms with van der Waals surface area (Å²) in [5.41, 5.74) is 1.04. The molecule has 1 atom stereocenters. The van der Waals surface area contributed by atoms with Crippen LogP contribution in [0.1, 0.15) is 45.5 Å². The third-order valence-electron chi connectivity index (χ3n) is 4.85. The molecule has 0 fully saturated rings. The van der Waals surface area contributed by atoms with Gasteiger partial charge in [0.2, 0.25) is 0 Å². The van der Waals surface area contributed by atoms with Crippen LogP contribution in [0.5, 0.6) is 11.5 Å². The van der Waals surface area contributed by atoms with Gasteiger partial charge in [-0.15, -0.1) is 0 Å². The number of nitrogens with zero attached hydrogens (tertiary/aromatic N) is 3. The Labute approximate surface area is 208 Å². The number of halogens is 3. The third-order valence-corrected chi connectivity index (χ3v) is 6.79. The van der Waals surface area contributed by atoms with Crippen LogP contribution in [0, 0.1) is 0 Å². The van der Waals surface area contributed by atoms with Crippen molar-refractivity contribution in [1.82, 2.24) is 9.66 Å². The van der Waals surface area contributed by atoms with E-state index in [0.717, 1.165) is 10.9 Å². The minimum Gasteiger partial charge on any atom is -0.490 e. The van der Waals surface area contributed by atoms with Crippen molar-refractivity contribution in [2.24, 2.45) is 5.10 Å². The molecule has 0 amide bonds. The average Bonchev–Trinajstić information content (AvgIpc) is 2.78. The molecular formula is C23H24Br2ClN3O3. The lowest BCUT2D eigenvalue weighted by Gasteiger charge is -2.19. The van der Waals surface area contributed by atoms with Crippen molar-refractivity contribution in [2.45, 2.75) is 46.6 Å². The molecule has 1 heterocycles. The van der Waals surface area contributed by atoms with Crippen LogP contribution in [0.3, 0.4) is 0 Å². The summed E-state index contributed by atoms with van der Waals surface area (Å²) in [5.74, 6) is 1.56. The Morgan fingerprint density at radius 2 is 2.00 bits per heavy atom. The van der Waals surface area contributed by atoms with Gasteiger partial charge >= 0.3 is 0 Å². The fraction of sp³-hybridized carbons (Fsp3) is 0.348. The number of ether oxygens (including phenoxy) is 2. The van der Waals surface area contributed by atoms with Gasteiger partial charge in [-0.2, -0.15) is 9.78 Å². The van der Waals surface area contributed by atoms with E-state index in [9.17, 15) is 4.79 Å². The molecule has 2 aromatic carbocycles. The molecule has 0 unspecified atom stereocenters. The number of hydrogen-bond acceptors (Lipinski definition) is 5. The summed E-state index contributed by atoms with van der Waals surface area (Å²) in [4.78, 5) is 17.7. The lowest BCUT2D eigenvalue weighted by molar-refractivity contribution is 0.203. The van der Waals surface area contributed by atoms with E-state index < -0.39 is 0 Å². The summed E-state index contributed by atoms with van der Waals surface area (Å²) in [6, 6.07) is 7.22. The summed E-state index contributed by atoms with van der Waals surface area (Å²) in [6.07, 6.45) is 2.92. The summed E-state index contributed by atoms with van der Waals surface area (Å²) < 4.78 is 14.5. The molecule has 0 N–H and O–H groups in total. The highest BCUT2D eigenvalue weighted by molar-refractivity contribution is 9.10. The summed E-state index contributed by atoms with van der Waals surface area (Å²) >= 11 is 13.6. The van der Waals surface area contributed by atoms with E-state index in [1.807, 2.05) is 39.8 Å². The Morgan fingerprint density at radius 1 is 1.25 bits per heavy atom. The molecule has 0 aliphatic rings. The van der Waals surface area contributed by atoms with E-state index in [0.29, 0.717) is 56.3 Å². The Kier molecular flexibility index (Phi) is 8.36. The summed E-state index contributed by atoms with van der Waals surface area (Å²) in [7, 11) is 0. The first-order valence-electron chi connectivity index (χ1n) is 10.4. The third kappa shape index (κ3) is 5.18. The molecule has 0 aliphatic carbocycles. The number of aryl methyl sites for hydroxylation is 1. The van der Waals surface area contributed by atoms with Gasteiger partial charge in [-0.1, -0.05) is 41.4 Å². The molecule has 6 nitrogen and oxygen atoms in total. The zero-order chi connectivity index (χ0) is 23.4. The van der Waals surface area contributed by atoms with Gasteiger partial charge in [0, 0.05) is 20.9 Å². The Hall–Kier alpha value is -1.90. The van der Waals surface area contributed by atoms with Crippen LogP contribution < -0.4 is 15.0 Å². The van der Waals surface area contributed by atoms with Crippen molar-refractivity contribution in [3.05, 3.63) is 60.0 Å². The first kappa shape index (κ1) is 24.7. The second kappa shape index (κ2) is 10.8. The molecule has 0 saturated heterocycles. The highest BCUT2D eigenvalue weighted by Crippen LogP contribution is 2.43. The molecule has 3 aromatic rings. The molecule has 32 heavy (non-hydrogen) atoms. The van der Waals surface area contributed by atoms with Gasteiger partial charge in [0.1, 0.15) is 10.8 Å². The number of hydrogen-bond donors (Lipinski definition) is 0. The second-order valence-corrected chi connectivity index (χ2v) is 9.18. The smallest absolute Gasteiger partial charge is 0.282 e. The SMILES string of the molecule is CCOc1cc(C=Nn2c(CC)nc3ccc(Br)cc3c2=O)c(Br)c(Cl)c1O[C@H](C)CC. The van der Waals surface area contributed by atoms with Crippen LogP contribution in [0.2, 0.25) is 5.02 Å². The normalized spacial score (nSPS) is 12.5. The Balaban J connectivity index is 2.12. The van der Waals surface area contributed by atoms with Crippen molar-refractivity contribution in [2.75, 3.05) is 6.61 Å². The first-order valence-corrected chi connectivity index (χ1v) is 12.3. The molecule has 0 saturated carbocycles. The van der Waals surface area contributed by atoms with Crippen LogP contribution in [-0.2, 0) is 6.42 Å². The quantitative estimate of drug-likeness (QED) is 0.280. The maximum atomic E-state index is 13.1. The van der Waals surface area contributed by atoms with E-state index in [-0.39, 0.29) is 11.7 Å². The van der Waals surface area contributed by atoms with E-state index in [1.54, 1.807) is 18.3 Å². The average molecular weight is 586 g/mol. The summed E-state index contributed by atoms with van der Waals surface area (Å²) in [6.45, 7) is 8.28. The standard InChI is InChI=1S/C23H24Br2ClN3O3/c1-5-13(4)32-22-18(31-7-3)10-14(20(25)21(22)26)12-27-29-19(6-2)28-17-9-8-15(24)11-16(17)23(29)30/h8-13H,5-7H2,1-4H3/t13-/m1/s1. The first-order chi connectivity index (χ1) is 15.3. The van der Waals surface area contributed by atoms with Crippen molar-refractivity contribution >= 4 is 60.6 Å². The number of fused-ring (bicyclic) bond motifs is 1. The maximum absolute atomic E-state index is 13.1. The van der Waals surface area contributed by atoms with Crippen molar-refractivity contribution in [3.8, 4) is 11.5 Å². The van der Waals surface area contributed by atoms with Crippen molar-refractivity contribution < 1.29 is 9.47 Å². The van der Waals surface area contributed by atoms with Crippen LogP contribution in [0.4, 0.5) is 0 Å². The molecule has 0 aliphatic heterocycles. The zero-order valence-corrected chi connectivity index (χ0v) is 22.2. The highest BCUT2D eigenvalue weighted by atomic mass is 79.9. The van der Waals surface area contributed by atoms with Crippen LogP contribution >= 0.6 is 43.5 Å². The lowest BCUT2D eigenvalue weighted by Crippen LogP contribution is -2.22. The largest absolute Gasteiger partial charge is 0.490 e. The van der Waals surface area contributed by atoms with Gasteiger partial charge in [-0.05, 0) is 60.5 Å². The molecule has 0 bridgehead atoms. The van der Waals surface area contributed by atoms with Gasteiger partial charge in [0.15, 0.2) is 11.5 Å². The fourth-order valence-electron chi connectivity index (χ4n) is 3.02. The van der Waals surface area contributed by atoms with Crippen LogP contribution in [0.25, 0.3) is 10.9 Å². The molecule has 3 rings (SSSR count). The lowest BCUT2D eigenvalue weighted by atomic mass is 10.2. The molecule has 170 valence electrons.